The van der Waals surface area contributed by atoms with Gasteiger partial charge in [-0.3, -0.25) is 14.5 Å². The lowest BCUT2D eigenvalue weighted by Gasteiger charge is -2.49. The number of fused-ring (bicyclic) bond motifs is 3. The molecule has 2 atom stereocenters. The van der Waals surface area contributed by atoms with E-state index in [0.717, 1.165) is 19.4 Å². The van der Waals surface area contributed by atoms with Gasteiger partial charge in [0.1, 0.15) is 12.5 Å². The van der Waals surface area contributed by atoms with Crippen molar-refractivity contribution in [3.63, 3.8) is 0 Å². The van der Waals surface area contributed by atoms with Crippen LogP contribution in [0.4, 0.5) is 0 Å². The SMILES string of the molecule is CC(=O)OCN(C)CC[C@@]12CCCC[C@@H]1CCc1ccc(OC(C)=O)cc12. The number of esters is 2. The second kappa shape index (κ2) is 8.42. The van der Waals surface area contributed by atoms with Gasteiger partial charge in [0.05, 0.1) is 0 Å². The molecule has 1 aromatic carbocycles. The number of nitrogens with zero attached hydrogens (tertiary/aromatic N) is 1. The molecule has 3 rings (SSSR count). The summed E-state index contributed by atoms with van der Waals surface area (Å²) in [5.41, 5.74) is 2.90. The highest BCUT2D eigenvalue weighted by Crippen LogP contribution is 2.52. The van der Waals surface area contributed by atoms with Crippen LogP contribution >= 0.6 is 0 Å². The fourth-order valence-electron chi connectivity index (χ4n) is 5.00. The quantitative estimate of drug-likeness (QED) is 0.431. The second-order valence-corrected chi connectivity index (χ2v) is 8.14. The van der Waals surface area contributed by atoms with Crippen molar-refractivity contribution in [1.29, 1.82) is 0 Å². The van der Waals surface area contributed by atoms with Crippen molar-refractivity contribution in [2.75, 3.05) is 20.3 Å². The highest BCUT2D eigenvalue weighted by atomic mass is 16.5. The minimum absolute atomic E-state index is 0.131. The summed E-state index contributed by atoms with van der Waals surface area (Å²) < 4.78 is 10.5. The zero-order chi connectivity index (χ0) is 19.4. The molecular formula is C22H31NO4. The van der Waals surface area contributed by atoms with E-state index in [4.69, 9.17) is 9.47 Å². The molecule has 1 saturated carbocycles. The van der Waals surface area contributed by atoms with Crippen LogP contribution in [0.15, 0.2) is 18.2 Å². The fraction of sp³-hybridized carbons (Fsp3) is 0.636. The number of hydrogen-bond donors (Lipinski definition) is 0. The standard InChI is InChI=1S/C22H31NO4/c1-16(24)26-15-23(3)13-12-22-11-5-4-6-19(22)9-7-18-8-10-20(14-21(18)22)27-17(2)25/h8,10,14,19H,4-7,9,11-13,15H2,1-3H3/t19-,22+/m1/s1. The summed E-state index contributed by atoms with van der Waals surface area (Å²) in [6.45, 7) is 4.09. The molecule has 0 amide bonds. The molecule has 5 heteroatoms. The van der Waals surface area contributed by atoms with Crippen molar-refractivity contribution < 1.29 is 19.1 Å². The topological polar surface area (TPSA) is 55.8 Å². The van der Waals surface area contributed by atoms with Crippen LogP contribution in [0, 0.1) is 5.92 Å². The van der Waals surface area contributed by atoms with Gasteiger partial charge in [-0.05, 0) is 73.7 Å². The van der Waals surface area contributed by atoms with E-state index in [2.05, 4.69) is 17.0 Å². The van der Waals surface area contributed by atoms with Gasteiger partial charge < -0.3 is 9.47 Å². The van der Waals surface area contributed by atoms with Crippen LogP contribution in [0.5, 0.6) is 5.75 Å². The van der Waals surface area contributed by atoms with E-state index >= 15 is 0 Å². The summed E-state index contributed by atoms with van der Waals surface area (Å²) in [5, 5.41) is 0. The average molecular weight is 373 g/mol. The number of benzene rings is 1. The molecule has 27 heavy (non-hydrogen) atoms. The minimum Gasteiger partial charge on any atom is -0.450 e. The highest BCUT2D eigenvalue weighted by molar-refractivity contribution is 5.69. The molecule has 0 saturated heterocycles. The lowest BCUT2D eigenvalue weighted by molar-refractivity contribution is -0.145. The van der Waals surface area contributed by atoms with E-state index in [-0.39, 0.29) is 17.4 Å². The molecule has 0 unspecified atom stereocenters. The van der Waals surface area contributed by atoms with Crippen LogP contribution in [0.3, 0.4) is 0 Å². The maximum Gasteiger partial charge on any atom is 0.308 e. The molecule has 0 aromatic heterocycles. The van der Waals surface area contributed by atoms with E-state index in [9.17, 15) is 9.59 Å². The lowest BCUT2D eigenvalue weighted by Crippen LogP contribution is -2.44. The molecule has 148 valence electrons. The van der Waals surface area contributed by atoms with Crippen molar-refractivity contribution in [1.82, 2.24) is 4.90 Å². The Kier molecular flexibility index (Phi) is 6.20. The molecule has 0 aliphatic heterocycles. The largest absolute Gasteiger partial charge is 0.450 e. The zero-order valence-corrected chi connectivity index (χ0v) is 16.8. The summed E-state index contributed by atoms with van der Waals surface area (Å²) in [4.78, 5) is 24.6. The van der Waals surface area contributed by atoms with Crippen molar-refractivity contribution in [2.45, 2.75) is 64.2 Å². The number of aryl methyl sites for hydroxylation is 1. The van der Waals surface area contributed by atoms with Gasteiger partial charge in [0, 0.05) is 20.4 Å². The molecule has 0 radical (unpaired) electrons. The number of hydrogen-bond acceptors (Lipinski definition) is 5. The number of carbonyl (C=O) groups is 2. The van der Waals surface area contributed by atoms with Gasteiger partial charge in [-0.1, -0.05) is 18.9 Å². The fourth-order valence-corrected chi connectivity index (χ4v) is 5.00. The van der Waals surface area contributed by atoms with Crippen LogP contribution in [0.25, 0.3) is 0 Å². The Hall–Kier alpha value is -1.88. The first kappa shape index (κ1) is 19.9. The third-order valence-corrected chi connectivity index (χ3v) is 6.28. The summed E-state index contributed by atoms with van der Waals surface area (Å²) in [6.07, 6.45) is 8.35. The van der Waals surface area contributed by atoms with Crippen LogP contribution in [0.1, 0.15) is 63.5 Å². The molecule has 0 N–H and O–H groups in total. The molecule has 1 aromatic rings. The van der Waals surface area contributed by atoms with E-state index in [1.54, 1.807) is 0 Å². The van der Waals surface area contributed by atoms with E-state index in [0.29, 0.717) is 18.4 Å². The molecule has 0 heterocycles. The summed E-state index contributed by atoms with van der Waals surface area (Å²) >= 11 is 0. The number of ether oxygens (including phenoxy) is 2. The van der Waals surface area contributed by atoms with E-state index in [1.807, 2.05) is 13.1 Å². The Morgan fingerprint density at radius 1 is 1.19 bits per heavy atom. The van der Waals surface area contributed by atoms with E-state index in [1.165, 1.54) is 57.1 Å². The van der Waals surface area contributed by atoms with Gasteiger partial charge in [0.2, 0.25) is 0 Å². The van der Waals surface area contributed by atoms with Crippen molar-refractivity contribution in [3.8, 4) is 5.75 Å². The normalized spacial score (nSPS) is 24.1. The molecule has 2 aliphatic rings. The van der Waals surface area contributed by atoms with Gasteiger partial charge in [-0.15, -0.1) is 0 Å². The third-order valence-electron chi connectivity index (χ3n) is 6.28. The second-order valence-electron chi connectivity index (χ2n) is 8.14. The van der Waals surface area contributed by atoms with Crippen molar-refractivity contribution in [3.05, 3.63) is 29.3 Å². The molecule has 0 spiro atoms. The smallest absolute Gasteiger partial charge is 0.308 e. The molecular weight excluding hydrogens is 342 g/mol. The van der Waals surface area contributed by atoms with Gasteiger partial charge in [0.25, 0.3) is 0 Å². The monoisotopic (exact) mass is 373 g/mol. The lowest BCUT2D eigenvalue weighted by atomic mass is 9.56. The first-order valence-electron chi connectivity index (χ1n) is 10.0. The van der Waals surface area contributed by atoms with E-state index < -0.39 is 0 Å². The Bertz CT molecular complexity index is 702. The van der Waals surface area contributed by atoms with Gasteiger partial charge in [-0.25, -0.2) is 0 Å². The molecule has 1 fully saturated rings. The maximum absolute atomic E-state index is 11.4. The Morgan fingerprint density at radius 3 is 2.74 bits per heavy atom. The first-order chi connectivity index (χ1) is 12.9. The maximum atomic E-state index is 11.4. The zero-order valence-electron chi connectivity index (χ0n) is 16.8. The summed E-state index contributed by atoms with van der Waals surface area (Å²) in [5.74, 6) is 0.805. The molecule has 0 bridgehead atoms. The molecule has 5 nitrogen and oxygen atoms in total. The Labute approximate surface area is 162 Å². The van der Waals surface area contributed by atoms with Gasteiger partial charge in [0.15, 0.2) is 0 Å². The van der Waals surface area contributed by atoms with Crippen LogP contribution in [-0.4, -0.2) is 37.2 Å². The Balaban J connectivity index is 1.85. The predicted octanol–water partition coefficient (Wildman–Crippen LogP) is 3.83. The average Bonchev–Trinajstić information content (AvgIpc) is 2.64. The van der Waals surface area contributed by atoms with Gasteiger partial charge in [-0.2, -0.15) is 0 Å². The molecule has 2 aliphatic carbocycles. The highest BCUT2D eigenvalue weighted by Gasteiger charge is 2.45. The van der Waals surface area contributed by atoms with Crippen LogP contribution < -0.4 is 4.74 Å². The predicted molar refractivity (Wildman–Crippen MR) is 104 cm³/mol. The number of rotatable bonds is 6. The summed E-state index contributed by atoms with van der Waals surface area (Å²) in [6, 6.07) is 6.17. The van der Waals surface area contributed by atoms with Crippen molar-refractivity contribution >= 4 is 11.9 Å². The Morgan fingerprint density at radius 2 is 2.00 bits per heavy atom. The first-order valence-corrected chi connectivity index (χ1v) is 10.0. The van der Waals surface area contributed by atoms with Crippen molar-refractivity contribution in [2.24, 2.45) is 5.92 Å². The minimum atomic E-state index is -0.277. The number of carbonyl (C=O) groups excluding carboxylic acids is 2. The summed E-state index contributed by atoms with van der Waals surface area (Å²) in [7, 11) is 2.00. The van der Waals surface area contributed by atoms with Crippen LogP contribution in [0.2, 0.25) is 0 Å². The third kappa shape index (κ3) is 4.52. The van der Waals surface area contributed by atoms with Gasteiger partial charge >= 0.3 is 11.9 Å². The van der Waals surface area contributed by atoms with Crippen LogP contribution in [-0.2, 0) is 26.2 Å².